The summed E-state index contributed by atoms with van der Waals surface area (Å²) in [7, 11) is 1.45. The number of ether oxygens (including phenoxy) is 1. The average Bonchev–Trinajstić information content (AvgIpc) is 2.27. The molecule has 0 heterocycles. The highest BCUT2D eigenvalue weighted by Gasteiger charge is 2.28. The molecule has 1 saturated carbocycles. The van der Waals surface area contributed by atoms with Crippen LogP contribution in [0.3, 0.4) is 0 Å². The van der Waals surface area contributed by atoms with Crippen LogP contribution in [0.25, 0.3) is 0 Å². The van der Waals surface area contributed by atoms with Crippen molar-refractivity contribution in [3.05, 3.63) is 0 Å². The van der Waals surface area contributed by atoms with Crippen molar-refractivity contribution in [1.29, 1.82) is 0 Å². The highest BCUT2D eigenvalue weighted by molar-refractivity contribution is 5.76. The Labute approximate surface area is 105 Å². The number of carbonyl (C=O) groups is 1. The molecule has 0 saturated heterocycles. The van der Waals surface area contributed by atoms with E-state index in [1.807, 2.05) is 13.8 Å². The molecule has 17 heavy (non-hydrogen) atoms. The fourth-order valence-corrected chi connectivity index (χ4v) is 2.68. The van der Waals surface area contributed by atoms with E-state index in [2.05, 4.69) is 12.2 Å². The summed E-state index contributed by atoms with van der Waals surface area (Å²) in [5, 5.41) is 3.43. The lowest BCUT2D eigenvalue weighted by Gasteiger charge is -2.28. The zero-order chi connectivity index (χ0) is 12.9. The maximum absolute atomic E-state index is 11.5. The Balaban J connectivity index is 2.25. The molecule has 3 nitrogen and oxygen atoms in total. The molecule has 1 fully saturated rings. The van der Waals surface area contributed by atoms with Crippen molar-refractivity contribution in [3.8, 4) is 0 Å². The van der Waals surface area contributed by atoms with Gasteiger partial charge in [0.1, 0.15) is 0 Å². The molecule has 1 rings (SSSR count). The molecule has 1 N–H and O–H groups in total. The standard InChI is InChI=1S/C14H27NO2/c1-11-6-5-7-12(8-11)9-15-10-14(2,3)13(16)17-4/h11-12,15H,5-10H2,1-4H3. The van der Waals surface area contributed by atoms with Crippen LogP contribution in [0.2, 0.25) is 0 Å². The van der Waals surface area contributed by atoms with E-state index in [4.69, 9.17) is 4.74 Å². The van der Waals surface area contributed by atoms with Crippen LogP contribution in [-0.2, 0) is 9.53 Å². The summed E-state index contributed by atoms with van der Waals surface area (Å²) in [5.74, 6) is 1.51. The summed E-state index contributed by atoms with van der Waals surface area (Å²) < 4.78 is 4.80. The van der Waals surface area contributed by atoms with Crippen molar-refractivity contribution in [3.63, 3.8) is 0 Å². The molecule has 100 valence electrons. The Morgan fingerprint density at radius 3 is 2.71 bits per heavy atom. The second-order valence-corrected chi connectivity index (χ2v) is 6.14. The number of methoxy groups -OCH3 is 1. The van der Waals surface area contributed by atoms with Gasteiger partial charge in [0.15, 0.2) is 0 Å². The third kappa shape index (κ3) is 4.66. The SMILES string of the molecule is COC(=O)C(C)(C)CNCC1CCCC(C)C1. The molecule has 1 aliphatic carbocycles. The summed E-state index contributed by atoms with van der Waals surface area (Å²) in [6.45, 7) is 7.92. The molecular weight excluding hydrogens is 214 g/mol. The Kier molecular flexibility index (Phi) is 5.44. The lowest BCUT2D eigenvalue weighted by Crippen LogP contribution is -2.39. The summed E-state index contributed by atoms with van der Waals surface area (Å²) in [6, 6.07) is 0. The van der Waals surface area contributed by atoms with Crippen molar-refractivity contribution in [2.45, 2.75) is 46.5 Å². The molecule has 0 aliphatic heterocycles. The minimum atomic E-state index is -0.422. The first kappa shape index (κ1) is 14.5. The fourth-order valence-electron chi connectivity index (χ4n) is 2.68. The van der Waals surface area contributed by atoms with Crippen LogP contribution >= 0.6 is 0 Å². The van der Waals surface area contributed by atoms with Crippen LogP contribution in [-0.4, -0.2) is 26.2 Å². The monoisotopic (exact) mass is 241 g/mol. The largest absolute Gasteiger partial charge is 0.469 e. The molecule has 2 unspecified atom stereocenters. The Morgan fingerprint density at radius 2 is 2.12 bits per heavy atom. The van der Waals surface area contributed by atoms with Crippen LogP contribution in [0.1, 0.15) is 46.5 Å². The zero-order valence-electron chi connectivity index (χ0n) is 11.7. The van der Waals surface area contributed by atoms with Crippen LogP contribution < -0.4 is 5.32 Å². The summed E-state index contributed by atoms with van der Waals surface area (Å²) >= 11 is 0. The molecule has 0 radical (unpaired) electrons. The van der Waals surface area contributed by atoms with Gasteiger partial charge in [0.25, 0.3) is 0 Å². The summed E-state index contributed by atoms with van der Waals surface area (Å²) in [6.07, 6.45) is 5.39. The molecule has 3 heteroatoms. The molecule has 0 bridgehead atoms. The molecule has 0 amide bonds. The molecule has 0 spiro atoms. The van der Waals surface area contributed by atoms with E-state index in [1.54, 1.807) is 0 Å². The van der Waals surface area contributed by atoms with Crippen LogP contribution in [0, 0.1) is 17.3 Å². The lowest BCUT2D eigenvalue weighted by atomic mass is 9.82. The molecule has 0 aromatic heterocycles. The van der Waals surface area contributed by atoms with E-state index < -0.39 is 5.41 Å². The van der Waals surface area contributed by atoms with Crippen molar-refractivity contribution >= 4 is 5.97 Å². The van der Waals surface area contributed by atoms with Gasteiger partial charge in [-0.2, -0.15) is 0 Å². The Hall–Kier alpha value is -0.570. The van der Waals surface area contributed by atoms with Crippen molar-refractivity contribution < 1.29 is 9.53 Å². The second-order valence-electron chi connectivity index (χ2n) is 6.14. The number of hydrogen-bond donors (Lipinski definition) is 1. The molecule has 1 aliphatic rings. The number of esters is 1. The number of carbonyl (C=O) groups excluding carboxylic acids is 1. The van der Waals surface area contributed by atoms with Crippen molar-refractivity contribution in [2.24, 2.45) is 17.3 Å². The Bertz CT molecular complexity index is 251. The maximum Gasteiger partial charge on any atom is 0.312 e. The fraction of sp³-hybridized carbons (Fsp3) is 0.929. The first-order valence-electron chi connectivity index (χ1n) is 6.75. The Morgan fingerprint density at radius 1 is 1.41 bits per heavy atom. The van der Waals surface area contributed by atoms with E-state index in [1.165, 1.54) is 32.8 Å². The van der Waals surface area contributed by atoms with E-state index >= 15 is 0 Å². The third-order valence-electron chi connectivity index (χ3n) is 3.78. The first-order valence-corrected chi connectivity index (χ1v) is 6.75. The van der Waals surface area contributed by atoms with Gasteiger partial charge in [0.2, 0.25) is 0 Å². The van der Waals surface area contributed by atoms with Gasteiger partial charge in [-0.3, -0.25) is 4.79 Å². The van der Waals surface area contributed by atoms with E-state index in [0.717, 1.165) is 18.4 Å². The van der Waals surface area contributed by atoms with Gasteiger partial charge in [0, 0.05) is 6.54 Å². The van der Waals surface area contributed by atoms with Crippen molar-refractivity contribution in [1.82, 2.24) is 5.32 Å². The zero-order valence-corrected chi connectivity index (χ0v) is 11.7. The van der Waals surface area contributed by atoms with E-state index in [9.17, 15) is 4.79 Å². The van der Waals surface area contributed by atoms with Gasteiger partial charge in [-0.1, -0.05) is 19.8 Å². The van der Waals surface area contributed by atoms with Crippen LogP contribution in [0.5, 0.6) is 0 Å². The minimum absolute atomic E-state index is 0.137. The summed E-state index contributed by atoms with van der Waals surface area (Å²) in [5.41, 5.74) is -0.422. The third-order valence-corrected chi connectivity index (χ3v) is 3.78. The van der Waals surface area contributed by atoms with E-state index in [0.29, 0.717) is 6.54 Å². The minimum Gasteiger partial charge on any atom is -0.469 e. The predicted molar refractivity (Wildman–Crippen MR) is 69.8 cm³/mol. The first-order chi connectivity index (χ1) is 7.95. The highest BCUT2D eigenvalue weighted by Crippen LogP contribution is 2.28. The normalized spacial score (nSPS) is 25.6. The number of nitrogens with one attached hydrogen (secondary N) is 1. The van der Waals surface area contributed by atoms with Gasteiger partial charge in [-0.05, 0) is 45.1 Å². The number of rotatable bonds is 5. The van der Waals surface area contributed by atoms with E-state index in [-0.39, 0.29) is 5.97 Å². The lowest BCUT2D eigenvalue weighted by molar-refractivity contribution is -0.150. The topological polar surface area (TPSA) is 38.3 Å². The van der Waals surface area contributed by atoms with Gasteiger partial charge < -0.3 is 10.1 Å². The molecule has 0 aromatic carbocycles. The van der Waals surface area contributed by atoms with Crippen LogP contribution in [0.4, 0.5) is 0 Å². The molecule has 2 atom stereocenters. The van der Waals surface area contributed by atoms with Gasteiger partial charge in [0.05, 0.1) is 12.5 Å². The van der Waals surface area contributed by atoms with Gasteiger partial charge in [-0.25, -0.2) is 0 Å². The molecule has 0 aromatic rings. The smallest absolute Gasteiger partial charge is 0.312 e. The van der Waals surface area contributed by atoms with Crippen molar-refractivity contribution in [2.75, 3.05) is 20.2 Å². The quantitative estimate of drug-likeness (QED) is 0.752. The second kappa shape index (κ2) is 6.39. The van der Waals surface area contributed by atoms with Gasteiger partial charge >= 0.3 is 5.97 Å². The maximum atomic E-state index is 11.5. The average molecular weight is 241 g/mol. The predicted octanol–water partition coefficient (Wildman–Crippen LogP) is 2.60. The van der Waals surface area contributed by atoms with Crippen LogP contribution in [0.15, 0.2) is 0 Å². The highest BCUT2D eigenvalue weighted by atomic mass is 16.5. The number of hydrogen-bond acceptors (Lipinski definition) is 3. The summed E-state index contributed by atoms with van der Waals surface area (Å²) in [4.78, 5) is 11.5. The molecular formula is C14H27NO2. The van der Waals surface area contributed by atoms with Gasteiger partial charge in [-0.15, -0.1) is 0 Å².